The molecule has 0 aromatic heterocycles. The lowest BCUT2D eigenvalue weighted by molar-refractivity contribution is 0.599. The van der Waals surface area contributed by atoms with Crippen LogP contribution in [-0.2, 0) is 0 Å². The fourth-order valence-corrected chi connectivity index (χ4v) is 3.08. The van der Waals surface area contributed by atoms with Crippen LogP contribution in [0.4, 0.5) is 0 Å². The first-order valence-corrected chi connectivity index (χ1v) is 9.91. The number of allylic oxidation sites excluding steroid dienone is 8. The van der Waals surface area contributed by atoms with Crippen molar-refractivity contribution in [2.75, 3.05) is 5.75 Å². The SMILES string of the molecule is CC/C=C\C/C=C\C/C=C\C/C=C\CCSC(C)(CC)CC. The third-order valence-corrected chi connectivity index (χ3v) is 5.66. The molecule has 0 atom stereocenters. The molecule has 0 radical (unpaired) electrons. The minimum Gasteiger partial charge on any atom is -0.155 e. The molecule has 0 amide bonds. The average Bonchev–Trinajstić information content (AvgIpc) is 2.55. The average molecular weight is 321 g/mol. The molecular weight excluding hydrogens is 284 g/mol. The Kier molecular flexibility index (Phi) is 14.7. The van der Waals surface area contributed by atoms with Crippen molar-refractivity contribution < 1.29 is 0 Å². The third-order valence-electron chi connectivity index (χ3n) is 3.95. The highest BCUT2D eigenvalue weighted by Crippen LogP contribution is 2.32. The second kappa shape index (κ2) is 15.2. The van der Waals surface area contributed by atoms with Gasteiger partial charge in [0.25, 0.3) is 0 Å². The minimum atomic E-state index is 0.479. The molecule has 0 aromatic rings. The van der Waals surface area contributed by atoms with Gasteiger partial charge in [-0.05, 0) is 50.7 Å². The van der Waals surface area contributed by atoms with Crippen LogP contribution >= 0.6 is 11.8 Å². The Morgan fingerprint density at radius 3 is 1.59 bits per heavy atom. The first kappa shape index (κ1) is 21.3. The van der Waals surface area contributed by atoms with E-state index in [0.717, 1.165) is 25.7 Å². The smallest absolute Gasteiger partial charge is 0.0126 e. The molecule has 0 nitrogen and oxygen atoms in total. The van der Waals surface area contributed by atoms with Crippen LogP contribution in [0.5, 0.6) is 0 Å². The molecule has 0 N–H and O–H groups in total. The third kappa shape index (κ3) is 13.0. The van der Waals surface area contributed by atoms with Crippen molar-refractivity contribution in [2.24, 2.45) is 0 Å². The van der Waals surface area contributed by atoms with E-state index in [-0.39, 0.29) is 0 Å². The Hall–Kier alpha value is -0.690. The summed E-state index contributed by atoms with van der Waals surface area (Å²) in [5.41, 5.74) is 0. The Labute approximate surface area is 143 Å². The molecule has 0 aliphatic rings. The summed E-state index contributed by atoms with van der Waals surface area (Å²) in [6, 6.07) is 0. The van der Waals surface area contributed by atoms with E-state index in [1.54, 1.807) is 0 Å². The predicted octanol–water partition coefficient (Wildman–Crippen LogP) is 7.49. The maximum Gasteiger partial charge on any atom is 0.0126 e. The van der Waals surface area contributed by atoms with E-state index in [1.807, 2.05) is 0 Å². The zero-order valence-electron chi connectivity index (χ0n) is 15.2. The Morgan fingerprint density at radius 2 is 1.14 bits per heavy atom. The molecular formula is C21H36S. The van der Waals surface area contributed by atoms with Gasteiger partial charge < -0.3 is 0 Å². The second-order valence-corrected chi connectivity index (χ2v) is 7.48. The van der Waals surface area contributed by atoms with Gasteiger partial charge in [-0.15, -0.1) is 0 Å². The van der Waals surface area contributed by atoms with Crippen LogP contribution in [0.3, 0.4) is 0 Å². The quantitative estimate of drug-likeness (QED) is 0.250. The Bertz CT molecular complexity index is 343. The van der Waals surface area contributed by atoms with Gasteiger partial charge in [0.2, 0.25) is 0 Å². The summed E-state index contributed by atoms with van der Waals surface area (Å²) in [4.78, 5) is 0. The number of hydrogen-bond acceptors (Lipinski definition) is 1. The number of rotatable bonds is 13. The molecule has 0 unspecified atom stereocenters. The molecule has 0 aliphatic carbocycles. The molecule has 0 rings (SSSR count). The van der Waals surface area contributed by atoms with E-state index in [2.05, 4.69) is 88.1 Å². The summed E-state index contributed by atoms with van der Waals surface area (Å²) < 4.78 is 0.479. The largest absolute Gasteiger partial charge is 0.155 e. The van der Waals surface area contributed by atoms with Crippen LogP contribution in [-0.4, -0.2) is 10.5 Å². The number of thioether (sulfide) groups is 1. The molecule has 126 valence electrons. The summed E-state index contributed by atoms with van der Waals surface area (Å²) in [5.74, 6) is 1.24. The lowest BCUT2D eigenvalue weighted by Crippen LogP contribution is -2.17. The van der Waals surface area contributed by atoms with E-state index >= 15 is 0 Å². The standard InChI is InChI=1S/C21H36S/c1-5-8-9-10-11-12-13-14-15-16-17-18-19-20-22-21(4,6-2)7-3/h8-9,11-12,14-15,17-18H,5-7,10,13,16,19-20H2,1-4H3/b9-8-,12-11-,15-14-,18-17-. The molecule has 0 bridgehead atoms. The highest BCUT2D eigenvalue weighted by atomic mass is 32.2. The first-order chi connectivity index (χ1) is 10.7. The van der Waals surface area contributed by atoms with Gasteiger partial charge in [-0.1, -0.05) is 76.3 Å². The molecule has 0 saturated carbocycles. The van der Waals surface area contributed by atoms with Gasteiger partial charge in [-0.3, -0.25) is 0 Å². The Balaban J connectivity index is 3.58. The molecule has 0 heterocycles. The fraction of sp³-hybridized carbons (Fsp3) is 0.619. The predicted molar refractivity (Wildman–Crippen MR) is 107 cm³/mol. The lowest BCUT2D eigenvalue weighted by Gasteiger charge is -2.25. The second-order valence-electron chi connectivity index (χ2n) is 5.80. The molecule has 0 saturated heterocycles. The molecule has 0 aromatic carbocycles. The molecule has 22 heavy (non-hydrogen) atoms. The van der Waals surface area contributed by atoms with E-state index in [9.17, 15) is 0 Å². The van der Waals surface area contributed by atoms with Gasteiger partial charge in [0.05, 0.1) is 0 Å². The molecule has 0 fully saturated rings. The monoisotopic (exact) mass is 320 g/mol. The van der Waals surface area contributed by atoms with Gasteiger partial charge in [0, 0.05) is 4.75 Å². The fourth-order valence-electron chi connectivity index (χ4n) is 1.93. The summed E-state index contributed by atoms with van der Waals surface area (Å²) >= 11 is 2.12. The van der Waals surface area contributed by atoms with Gasteiger partial charge in [-0.25, -0.2) is 0 Å². The lowest BCUT2D eigenvalue weighted by atomic mass is 10.1. The van der Waals surface area contributed by atoms with Crippen LogP contribution in [0.25, 0.3) is 0 Å². The number of hydrogen-bond donors (Lipinski definition) is 0. The van der Waals surface area contributed by atoms with Gasteiger partial charge in [0.1, 0.15) is 0 Å². The molecule has 0 spiro atoms. The zero-order valence-corrected chi connectivity index (χ0v) is 16.0. The van der Waals surface area contributed by atoms with Crippen LogP contribution in [0, 0.1) is 0 Å². The summed E-state index contributed by atoms with van der Waals surface area (Å²) in [7, 11) is 0. The molecule has 0 aliphatic heterocycles. The summed E-state index contributed by atoms with van der Waals surface area (Å²) in [5, 5.41) is 0. The van der Waals surface area contributed by atoms with Crippen LogP contribution in [0.2, 0.25) is 0 Å². The van der Waals surface area contributed by atoms with Crippen molar-refractivity contribution in [3.05, 3.63) is 48.6 Å². The van der Waals surface area contributed by atoms with Crippen molar-refractivity contribution in [2.45, 2.75) is 77.4 Å². The normalized spacial score (nSPS) is 13.5. The van der Waals surface area contributed by atoms with E-state index in [4.69, 9.17) is 0 Å². The van der Waals surface area contributed by atoms with Crippen molar-refractivity contribution in [1.82, 2.24) is 0 Å². The highest BCUT2D eigenvalue weighted by Gasteiger charge is 2.18. The highest BCUT2D eigenvalue weighted by molar-refractivity contribution is 8.00. The molecule has 1 heteroatoms. The van der Waals surface area contributed by atoms with Crippen molar-refractivity contribution in [3.8, 4) is 0 Å². The van der Waals surface area contributed by atoms with Crippen molar-refractivity contribution in [3.63, 3.8) is 0 Å². The summed E-state index contributed by atoms with van der Waals surface area (Å²) in [6.07, 6.45) is 26.1. The Morgan fingerprint density at radius 1 is 0.682 bits per heavy atom. The minimum absolute atomic E-state index is 0.479. The zero-order chi connectivity index (χ0) is 16.5. The topological polar surface area (TPSA) is 0 Å². The van der Waals surface area contributed by atoms with Crippen molar-refractivity contribution in [1.29, 1.82) is 0 Å². The van der Waals surface area contributed by atoms with Gasteiger partial charge in [0.15, 0.2) is 0 Å². The first-order valence-electron chi connectivity index (χ1n) is 8.92. The van der Waals surface area contributed by atoms with Gasteiger partial charge >= 0.3 is 0 Å². The maximum absolute atomic E-state index is 2.38. The summed E-state index contributed by atoms with van der Waals surface area (Å²) in [6.45, 7) is 9.15. The van der Waals surface area contributed by atoms with E-state index in [1.165, 1.54) is 25.0 Å². The van der Waals surface area contributed by atoms with Gasteiger partial charge in [-0.2, -0.15) is 11.8 Å². The van der Waals surface area contributed by atoms with E-state index < -0.39 is 0 Å². The van der Waals surface area contributed by atoms with Crippen molar-refractivity contribution >= 4 is 11.8 Å². The van der Waals surface area contributed by atoms with E-state index in [0.29, 0.717) is 4.75 Å². The van der Waals surface area contributed by atoms with Crippen LogP contribution in [0.15, 0.2) is 48.6 Å². The maximum atomic E-state index is 2.38. The van der Waals surface area contributed by atoms with Crippen LogP contribution in [0.1, 0.15) is 72.6 Å². The van der Waals surface area contributed by atoms with Crippen LogP contribution < -0.4 is 0 Å².